The van der Waals surface area contributed by atoms with E-state index in [4.69, 9.17) is 4.74 Å². The van der Waals surface area contributed by atoms with E-state index in [1.54, 1.807) is 11.0 Å². The number of thiophene rings is 1. The second kappa shape index (κ2) is 8.28. The van der Waals surface area contributed by atoms with E-state index in [0.717, 1.165) is 28.2 Å². The zero-order valence-corrected chi connectivity index (χ0v) is 18.5. The first-order valence-corrected chi connectivity index (χ1v) is 11.6. The Morgan fingerprint density at radius 2 is 1.94 bits per heavy atom. The number of hydrogen-bond donors (Lipinski definition) is 1. The number of aliphatic hydroxyl groups is 1. The number of benzene rings is 2. The topological polar surface area (TPSA) is 66.8 Å². The Balaban J connectivity index is 1.54. The third kappa shape index (κ3) is 3.60. The summed E-state index contributed by atoms with van der Waals surface area (Å²) in [6.07, 6.45) is 1.46. The maximum absolute atomic E-state index is 13.1. The van der Waals surface area contributed by atoms with Crippen LogP contribution < -0.4 is 4.74 Å². The van der Waals surface area contributed by atoms with Gasteiger partial charge in [0.2, 0.25) is 0 Å². The van der Waals surface area contributed by atoms with Crippen LogP contribution in [0.25, 0.3) is 5.76 Å². The number of fused-ring (bicyclic) bond motifs is 1. The highest BCUT2D eigenvalue weighted by Gasteiger charge is 2.46. The molecule has 0 spiro atoms. The largest absolute Gasteiger partial charge is 0.507 e. The monoisotopic (exact) mass is 445 g/mol. The van der Waals surface area contributed by atoms with Crippen LogP contribution in [0.3, 0.4) is 0 Å². The summed E-state index contributed by atoms with van der Waals surface area (Å²) in [5, 5.41) is 13.1. The summed E-state index contributed by atoms with van der Waals surface area (Å²) in [5.74, 6) is -0.545. The van der Waals surface area contributed by atoms with Crippen molar-refractivity contribution in [2.45, 2.75) is 31.9 Å². The van der Waals surface area contributed by atoms with Gasteiger partial charge >= 0.3 is 0 Å². The fourth-order valence-corrected chi connectivity index (χ4v) is 5.32. The summed E-state index contributed by atoms with van der Waals surface area (Å²) in [5.41, 5.74) is 2.76. The molecule has 32 heavy (non-hydrogen) atoms. The van der Waals surface area contributed by atoms with Crippen molar-refractivity contribution in [2.75, 3.05) is 6.54 Å². The molecule has 2 aliphatic rings. The summed E-state index contributed by atoms with van der Waals surface area (Å²) in [4.78, 5) is 28.6. The Labute approximate surface area is 190 Å². The second-order valence-electron chi connectivity index (χ2n) is 8.20. The first kappa shape index (κ1) is 20.5. The number of ether oxygens (including phenoxy) is 1. The van der Waals surface area contributed by atoms with Crippen molar-refractivity contribution < 1.29 is 19.4 Å². The quantitative estimate of drug-likeness (QED) is 0.350. The van der Waals surface area contributed by atoms with Crippen LogP contribution in [-0.4, -0.2) is 34.3 Å². The molecule has 1 N–H and O–H groups in total. The molecule has 5 nitrogen and oxygen atoms in total. The van der Waals surface area contributed by atoms with Gasteiger partial charge < -0.3 is 14.7 Å². The van der Waals surface area contributed by atoms with E-state index in [9.17, 15) is 14.7 Å². The van der Waals surface area contributed by atoms with Crippen LogP contribution in [0, 0.1) is 0 Å². The normalized spacial score (nSPS) is 21.6. The van der Waals surface area contributed by atoms with E-state index in [0.29, 0.717) is 18.5 Å². The minimum Gasteiger partial charge on any atom is -0.507 e. The van der Waals surface area contributed by atoms with E-state index < -0.39 is 17.7 Å². The van der Waals surface area contributed by atoms with Crippen LogP contribution in [0.1, 0.15) is 34.5 Å². The van der Waals surface area contributed by atoms with Gasteiger partial charge in [0, 0.05) is 23.4 Å². The zero-order valence-electron chi connectivity index (χ0n) is 17.7. The van der Waals surface area contributed by atoms with Crippen molar-refractivity contribution in [3.63, 3.8) is 0 Å². The molecule has 3 heterocycles. The molecule has 1 amide bonds. The van der Waals surface area contributed by atoms with Crippen LogP contribution in [0.15, 0.2) is 71.6 Å². The lowest BCUT2D eigenvalue weighted by molar-refractivity contribution is -0.139. The fraction of sp³-hybridized carbons (Fsp3) is 0.231. The van der Waals surface area contributed by atoms with Crippen LogP contribution in [0.2, 0.25) is 0 Å². The van der Waals surface area contributed by atoms with Gasteiger partial charge in [-0.1, -0.05) is 36.4 Å². The summed E-state index contributed by atoms with van der Waals surface area (Å²) >= 11 is 1.48. The lowest BCUT2D eigenvalue weighted by atomic mass is 9.98. The number of amides is 1. The van der Waals surface area contributed by atoms with E-state index >= 15 is 0 Å². The summed E-state index contributed by atoms with van der Waals surface area (Å²) in [7, 11) is 0. The molecule has 3 aromatic rings. The van der Waals surface area contributed by atoms with Gasteiger partial charge in [-0.3, -0.25) is 9.59 Å². The third-order valence-electron chi connectivity index (χ3n) is 6.01. The Bertz CT molecular complexity index is 1200. The smallest absolute Gasteiger partial charge is 0.295 e. The molecule has 2 atom stereocenters. The van der Waals surface area contributed by atoms with Gasteiger partial charge in [0.1, 0.15) is 17.6 Å². The van der Waals surface area contributed by atoms with Crippen LogP contribution in [0.4, 0.5) is 0 Å². The second-order valence-corrected chi connectivity index (χ2v) is 9.18. The molecular weight excluding hydrogens is 422 g/mol. The van der Waals surface area contributed by atoms with Gasteiger partial charge in [0.05, 0.1) is 11.6 Å². The minimum atomic E-state index is -0.640. The first-order valence-electron chi connectivity index (χ1n) is 10.7. The molecule has 0 radical (unpaired) electrons. The predicted octanol–water partition coefficient (Wildman–Crippen LogP) is 4.74. The molecule has 6 heteroatoms. The maximum atomic E-state index is 13.1. The molecule has 5 rings (SSSR count). The molecule has 1 fully saturated rings. The van der Waals surface area contributed by atoms with Crippen molar-refractivity contribution in [2.24, 2.45) is 0 Å². The number of rotatable bonds is 5. The highest BCUT2D eigenvalue weighted by atomic mass is 32.1. The fourth-order valence-electron chi connectivity index (χ4n) is 4.47. The standard InChI is InChI=1S/C26H23NO4S/c1-16-14-19-15-18(9-10-20(19)31-16)24(28)22-23(21-8-5-13-32-21)27(26(30)25(22)29)12-11-17-6-3-2-4-7-17/h2-10,13,15-16,23,28H,11-12,14H2,1H3. The molecule has 1 aromatic heterocycles. The molecule has 2 unspecified atom stereocenters. The molecular formula is C26H23NO4S. The number of Topliss-reactive ketones (excluding diaryl/α,β-unsaturated/α-hetero) is 1. The predicted molar refractivity (Wildman–Crippen MR) is 124 cm³/mol. The summed E-state index contributed by atoms with van der Waals surface area (Å²) in [6, 6.07) is 18.5. The van der Waals surface area contributed by atoms with E-state index in [2.05, 4.69) is 0 Å². The SMILES string of the molecule is CC1Cc2cc(C(O)=C3C(=O)C(=O)N(CCc4ccccc4)C3c3cccs3)ccc2O1. The van der Waals surface area contributed by atoms with E-state index in [1.165, 1.54) is 11.3 Å². The molecule has 0 bridgehead atoms. The summed E-state index contributed by atoms with van der Waals surface area (Å²) < 4.78 is 5.75. The van der Waals surface area contributed by atoms with E-state index in [-0.39, 0.29) is 17.4 Å². The number of aliphatic hydroxyl groups excluding tert-OH is 1. The molecule has 2 aromatic carbocycles. The molecule has 0 saturated carbocycles. The highest BCUT2D eigenvalue weighted by Crippen LogP contribution is 2.42. The van der Waals surface area contributed by atoms with Gasteiger partial charge in [-0.25, -0.2) is 0 Å². The van der Waals surface area contributed by atoms with Crippen molar-refractivity contribution >= 4 is 28.8 Å². The minimum absolute atomic E-state index is 0.0806. The average Bonchev–Trinajstić information content (AvgIpc) is 3.51. The van der Waals surface area contributed by atoms with Gasteiger partial charge in [-0.05, 0) is 54.1 Å². The van der Waals surface area contributed by atoms with Crippen LogP contribution >= 0.6 is 11.3 Å². The van der Waals surface area contributed by atoms with Gasteiger partial charge in [0.15, 0.2) is 0 Å². The molecule has 162 valence electrons. The Kier molecular flexibility index (Phi) is 5.31. The molecule has 1 saturated heterocycles. The van der Waals surface area contributed by atoms with E-state index in [1.807, 2.05) is 66.9 Å². The lowest BCUT2D eigenvalue weighted by Crippen LogP contribution is -2.31. The average molecular weight is 446 g/mol. The number of likely N-dealkylation sites (tertiary alicyclic amines) is 1. The third-order valence-corrected chi connectivity index (χ3v) is 6.93. The van der Waals surface area contributed by atoms with Gasteiger partial charge in [-0.2, -0.15) is 0 Å². The van der Waals surface area contributed by atoms with Gasteiger partial charge in [-0.15, -0.1) is 11.3 Å². The number of carbonyl (C=O) groups is 2. The zero-order chi connectivity index (χ0) is 22.2. The molecule has 0 aliphatic carbocycles. The number of hydrogen-bond acceptors (Lipinski definition) is 5. The molecule has 2 aliphatic heterocycles. The Morgan fingerprint density at radius 3 is 2.69 bits per heavy atom. The Hall–Kier alpha value is -3.38. The lowest BCUT2D eigenvalue weighted by Gasteiger charge is -2.24. The van der Waals surface area contributed by atoms with Crippen molar-refractivity contribution in [1.29, 1.82) is 0 Å². The highest BCUT2D eigenvalue weighted by molar-refractivity contribution is 7.10. The number of nitrogens with zero attached hydrogens (tertiary/aromatic N) is 1. The summed E-state index contributed by atoms with van der Waals surface area (Å²) in [6.45, 7) is 2.39. The van der Waals surface area contributed by atoms with Crippen molar-refractivity contribution in [1.82, 2.24) is 4.90 Å². The van der Waals surface area contributed by atoms with Gasteiger partial charge in [0.25, 0.3) is 11.7 Å². The van der Waals surface area contributed by atoms with Crippen molar-refractivity contribution in [3.8, 4) is 5.75 Å². The first-order chi connectivity index (χ1) is 15.5. The van der Waals surface area contributed by atoms with Crippen LogP contribution in [0.5, 0.6) is 5.75 Å². The number of carbonyl (C=O) groups excluding carboxylic acids is 2. The van der Waals surface area contributed by atoms with Crippen LogP contribution in [-0.2, 0) is 22.4 Å². The van der Waals surface area contributed by atoms with Crippen molar-refractivity contribution in [3.05, 3.63) is 93.2 Å². The maximum Gasteiger partial charge on any atom is 0.295 e. The Morgan fingerprint density at radius 1 is 1.12 bits per heavy atom. The number of ketones is 1.